The lowest BCUT2D eigenvalue weighted by Crippen LogP contribution is -2.21. The van der Waals surface area contributed by atoms with Gasteiger partial charge >= 0.3 is 0 Å². The number of benzene rings is 2. The summed E-state index contributed by atoms with van der Waals surface area (Å²) in [5, 5.41) is 17.0. The van der Waals surface area contributed by atoms with E-state index < -0.39 is 11.7 Å². The molecule has 0 aliphatic carbocycles. The number of methoxy groups -OCH3 is 3. The highest BCUT2D eigenvalue weighted by Crippen LogP contribution is 2.49. The summed E-state index contributed by atoms with van der Waals surface area (Å²) in [4.78, 5) is 0. The van der Waals surface area contributed by atoms with E-state index in [4.69, 9.17) is 36.3 Å². The molecule has 0 fully saturated rings. The third-order valence-electron chi connectivity index (χ3n) is 5.18. The van der Waals surface area contributed by atoms with Gasteiger partial charge < -0.3 is 24.7 Å². The van der Waals surface area contributed by atoms with Crippen molar-refractivity contribution in [3.05, 3.63) is 63.8 Å². The van der Waals surface area contributed by atoms with Gasteiger partial charge in [-0.25, -0.2) is 4.39 Å². The molecule has 0 unspecified atom stereocenters. The highest BCUT2D eigenvalue weighted by Gasteiger charge is 2.38. The minimum absolute atomic E-state index is 0.0135. The molecule has 32 heavy (non-hydrogen) atoms. The number of aromatic nitrogens is 2. The molecule has 0 bridgehead atoms. The van der Waals surface area contributed by atoms with Gasteiger partial charge in [-0.05, 0) is 24.3 Å². The van der Waals surface area contributed by atoms with Gasteiger partial charge in [-0.15, -0.1) is 5.10 Å². The van der Waals surface area contributed by atoms with Gasteiger partial charge in [-0.3, -0.25) is 5.10 Å². The van der Waals surface area contributed by atoms with E-state index in [9.17, 15) is 9.65 Å². The number of nitrogens with one attached hydrogen (secondary N) is 1. The predicted molar refractivity (Wildman–Crippen MR) is 114 cm³/mol. The summed E-state index contributed by atoms with van der Waals surface area (Å²) < 4.78 is 36.8. The van der Waals surface area contributed by atoms with E-state index in [0.29, 0.717) is 34.1 Å². The van der Waals surface area contributed by atoms with E-state index in [1.807, 2.05) is 6.07 Å². The first-order valence-corrected chi connectivity index (χ1v) is 9.73. The predicted octanol–water partition coefficient (Wildman–Crippen LogP) is 4.11. The third kappa shape index (κ3) is 3.25. The van der Waals surface area contributed by atoms with E-state index in [2.05, 4.69) is 10.2 Å². The first kappa shape index (κ1) is 21.3. The van der Waals surface area contributed by atoms with Crippen LogP contribution in [-0.2, 0) is 0 Å². The van der Waals surface area contributed by atoms with Crippen molar-refractivity contribution >= 4 is 11.6 Å². The normalized spacial score (nSPS) is 14.9. The molecule has 0 saturated carbocycles. The Balaban J connectivity index is 2.01. The molecule has 0 saturated heterocycles. The van der Waals surface area contributed by atoms with Crippen molar-refractivity contribution in [3.8, 4) is 40.5 Å². The monoisotopic (exact) mass is 456 g/mol. The molecule has 0 spiro atoms. The maximum Gasteiger partial charge on any atom is 0.244 e. The van der Waals surface area contributed by atoms with Crippen LogP contribution in [0.25, 0.3) is 11.3 Å². The Bertz CT molecular complexity index is 1240. The zero-order valence-electron chi connectivity index (χ0n) is 17.3. The topological polar surface area (TPSA) is 115 Å². The number of nitrogens with zero attached hydrogens (tertiary/aromatic N) is 2. The average Bonchev–Trinajstić information content (AvgIpc) is 3.21. The zero-order chi connectivity index (χ0) is 23.0. The molecule has 3 N–H and O–H groups in total. The van der Waals surface area contributed by atoms with E-state index in [1.165, 1.54) is 33.5 Å². The molecule has 0 amide bonds. The molecule has 8 nitrogen and oxygen atoms in total. The number of ether oxygens (including phenoxy) is 4. The van der Waals surface area contributed by atoms with Gasteiger partial charge in [0, 0.05) is 16.1 Å². The van der Waals surface area contributed by atoms with Gasteiger partial charge in [0.2, 0.25) is 17.5 Å². The van der Waals surface area contributed by atoms with Crippen LogP contribution in [0.5, 0.6) is 23.1 Å². The van der Waals surface area contributed by atoms with Gasteiger partial charge in [0.25, 0.3) is 0 Å². The highest BCUT2D eigenvalue weighted by atomic mass is 35.5. The Labute approximate surface area is 187 Å². The Kier molecular flexibility index (Phi) is 5.55. The minimum atomic E-state index is -0.953. The highest BCUT2D eigenvalue weighted by molar-refractivity contribution is 6.31. The maximum atomic E-state index is 15.0. The van der Waals surface area contributed by atoms with Crippen molar-refractivity contribution < 1.29 is 23.3 Å². The van der Waals surface area contributed by atoms with Crippen LogP contribution in [0.1, 0.15) is 17.0 Å². The first-order chi connectivity index (χ1) is 15.4. The Morgan fingerprint density at radius 1 is 1.16 bits per heavy atom. The number of hydrogen-bond donors (Lipinski definition) is 2. The van der Waals surface area contributed by atoms with E-state index in [-0.39, 0.29) is 27.9 Å². The molecule has 1 atom stereocenters. The summed E-state index contributed by atoms with van der Waals surface area (Å²) in [6.07, 6.45) is 0. The Morgan fingerprint density at radius 2 is 1.84 bits per heavy atom. The van der Waals surface area contributed by atoms with Crippen LogP contribution < -0.4 is 24.7 Å². The summed E-state index contributed by atoms with van der Waals surface area (Å²) in [7, 11) is 4.48. The molecule has 1 aliphatic heterocycles. The number of rotatable bonds is 5. The average molecular weight is 457 g/mol. The smallest absolute Gasteiger partial charge is 0.244 e. The van der Waals surface area contributed by atoms with E-state index in [1.54, 1.807) is 18.2 Å². The molecular formula is C22H18ClFN4O4. The summed E-state index contributed by atoms with van der Waals surface area (Å²) >= 11 is 6.36. The Morgan fingerprint density at radius 3 is 2.41 bits per heavy atom. The quantitative estimate of drug-likeness (QED) is 0.593. The first-order valence-electron chi connectivity index (χ1n) is 9.35. The van der Waals surface area contributed by atoms with Gasteiger partial charge in [0.05, 0.1) is 38.5 Å². The SMILES string of the molecule is COc1cc(-c2[nH]nc3c2[C@@H](c2c(F)cccc2Cl)C(C#N)=C(N)O3)cc(OC)c1OC. The van der Waals surface area contributed by atoms with Crippen LogP contribution in [0, 0.1) is 17.1 Å². The molecule has 4 rings (SSSR count). The van der Waals surface area contributed by atoms with Crippen LogP contribution >= 0.6 is 11.6 Å². The van der Waals surface area contributed by atoms with Gasteiger partial charge in [0.15, 0.2) is 11.5 Å². The van der Waals surface area contributed by atoms with Crippen LogP contribution in [0.2, 0.25) is 5.02 Å². The van der Waals surface area contributed by atoms with E-state index in [0.717, 1.165) is 0 Å². The summed E-state index contributed by atoms with van der Waals surface area (Å²) in [6.45, 7) is 0. The number of nitrogens with two attached hydrogens (primary N) is 1. The van der Waals surface area contributed by atoms with Crippen molar-refractivity contribution in [1.29, 1.82) is 5.26 Å². The molecule has 164 valence electrons. The van der Waals surface area contributed by atoms with Gasteiger partial charge in [-0.1, -0.05) is 17.7 Å². The lowest BCUT2D eigenvalue weighted by atomic mass is 9.82. The number of H-pyrrole nitrogens is 1. The lowest BCUT2D eigenvalue weighted by molar-refractivity contribution is 0.324. The van der Waals surface area contributed by atoms with Crippen LogP contribution in [0.15, 0.2) is 41.8 Å². The second-order valence-electron chi connectivity index (χ2n) is 6.79. The molecule has 0 radical (unpaired) electrons. The van der Waals surface area contributed by atoms with Crippen LogP contribution in [0.3, 0.4) is 0 Å². The van der Waals surface area contributed by atoms with Crippen molar-refractivity contribution in [2.24, 2.45) is 5.73 Å². The van der Waals surface area contributed by atoms with Crippen molar-refractivity contribution in [1.82, 2.24) is 10.2 Å². The molecule has 10 heteroatoms. The fourth-order valence-corrected chi connectivity index (χ4v) is 4.04. The fraction of sp³-hybridized carbons (Fsp3) is 0.182. The van der Waals surface area contributed by atoms with Crippen molar-refractivity contribution in [2.75, 3.05) is 21.3 Å². The molecule has 3 aromatic rings. The maximum absolute atomic E-state index is 15.0. The molecule has 1 aromatic heterocycles. The Hall–Kier alpha value is -3.90. The molecule has 1 aliphatic rings. The summed E-state index contributed by atoms with van der Waals surface area (Å²) in [5.74, 6) is -0.407. The van der Waals surface area contributed by atoms with Crippen molar-refractivity contribution in [3.63, 3.8) is 0 Å². The third-order valence-corrected chi connectivity index (χ3v) is 5.51. The van der Waals surface area contributed by atoms with E-state index >= 15 is 0 Å². The number of halogens is 2. The summed E-state index contributed by atoms with van der Waals surface area (Å²) in [6, 6.07) is 9.71. The molecule has 2 heterocycles. The minimum Gasteiger partial charge on any atom is -0.493 e. The zero-order valence-corrected chi connectivity index (χ0v) is 18.1. The number of hydrogen-bond acceptors (Lipinski definition) is 7. The second kappa shape index (κ2) is 8.32. The van der Waals surface area contributed by atoms with Crippen molar-refractivity contribution in [2.45, 2.75) is 5.92 Å². The fourth-order valence-electron chi connectivity index (χ4n) is 3.77. The standard InChI is InChI=1S/C22H18ClFN4O4/c1-29-14-7-10(8-15(30-2)20(14)31-3)19-18-16(17-12(23)5-4-6-13(17)24)11(9-25)21(26)32-22(18)28-27-19/h4-8,16H,26H2,1-3H3,(H,27,28)/t16-/m1/s1. The number of allylic oxidation sites excluding steroid dienone is 1. The van der Waals surface area contributed by atoms with Gasteiger partial charge in [-0.2, -0.15) is 5.26 Å². The van der Waals surface area contributed by atoms with Crippen LogP contribution in [-0.4, -0.2) is 31.5 Å². The molecular weight excluding hydrogens is 439 g/mol. The summed E-state index contributed by atoms with van der Waals surface area (Å²) in [5.41, 5.74) is 7.50. The number of aromatic amines is 1. The lowest BCUT2D eigenvalue weighted by Gasteiger charge is -2.25. The molecule has 2 aromatic carbocycles. The second-order valence-corrected chi connectivity index (χ2v) is 7.20. The van der Waals surface area contributed by atoms with Crippen LogP contribution in [0.4, 0.5) is 4.39 Å². The van der Waals surface area contributed by atoms with Gasteiger partial charge in [0.1, 0.15) is 17.5 Å². The largest absolute Gasteiger partial charge is 0.493 e. The number of fused-ring (bicyclic) bond motifs is 1. The number of nitriles is 1.